The molecule has 10 aromatic rings. The molecule has 0 saturated carbocycles. The summed E-state index contributed by atoms with van der Waals surface area (Å²) in [4.78, 5) is 2.39. The van der Waals surface area contributed by atoms with Crippen LogP contribution in [0.1, 0.15) is 0 Å². The largest absolute Gasteiger partial charge is 0.310 e. The van der Waals surface area contributed by atoms with Gasteiger partial charge in [-0.05, 0) is 107 Å². The van der Waals surface area contributed by atoms with Crippen LogP contribution in [0.15, 0.2) is 200 Å². The highest BCUT2D eigenvalue weighted by Crippen LogP contribution is 2.43. The molecule has 0 bridgehead atoms. The molecule has 0 unspecified atom stereocenters. The molecule has 1 nitrogen and oxygen atoms in total. The molecule has 0 aromatic heterocycles. The van der Waals surface area contributed by atoms with E-state index < -0.39 is 0 Å². The van der Waals surface area contributed by atoms with E-state index in [1.165, 1.54) is 76.1 Å². The van der Waals surface area contributed by atoms with Crippen LogP contribution in [0.25, 0.3) is 76.1 Å². The van der Waals surface area contributed by atoms with Gasteiger partial charge in [0.15, 0.2) is 0 Å². The Morgan fingerprint density at radius 2 is 0.804 bits per heavy atom. The highest BCUT2D eigenvalue weighted by atomic mass is 15.1. The predicted octanol–water partition coefficient (Wildman–Crippen LogP) is 14.3. The van der Waals surface area contributed by atoms with Crippen molar-refractivity contribution >= 4 is 70.9 Å². The number of hydrogen-bond acceptors (Lipinski definition) is 1. The molecule has 51 heavy (non-hydrogen) atoms. The lowest BCUT2D eigenvalue weighted by atomic mass is 9.89. The van der Waals surface area contributed by atoms with Crippen LogP contribution in [0.4, 0.5) is 17.1 Å². The zero-order valence-corrected chi connectivity index (χ0v) is 28.0. The molecule has 0 fully saturated rings. The van der Waals surface area contributed by atoms with Gasteiger partial charge in [0.05, 0.1) is 5.69 Å². The third-order valence-corrected chi connectivity index (χ3v) is 10.4. The maximum absolute atomic E-state index is 2.39. The van der Waals surface area contributed by atoms with Gasteiger partial charge < -0.3 is 4.90 Å². The average molecular weight is 648 g/mol. The van der Waals surface area contributed by atoms with Crippen LogP contribution in [0.3, 0.4) is 0 Å². The summed E-state index contributed by atoms with van der Waals surface area (Å²) < 4.78 is 0. The molecule has 10 rings (SSSR count). The fraction of sp³-hybridized carbons (Fsp3) is 0. The fourth-order valence-corrected chi connectivity index (χ4v) is 8.01. The Balaban J connectivity index is 1.10. The van der Waals surface area contributed by atoms with Crippen molar-refractivity contribution in [1.29, 1.82) is 0 Å². The van der Waals surface area contributed by atoms with E-state index in [0.29, 0.717) is 0 Å². The van der Waals surface area contributed by atoms with Crippen molar-refractivity contribution in [3.8, 4) is 22.3 Å². The second-order valence-electron chi connectivity index (χ2n) is 13.3. The van der Waals surface area contributed by atoms with Gasteiger partial charge in [0.2, 0.25) is 0 Å². The van der Waals surface area contributed by atoms with Gasteiger partial charge in [-0.25, -0.2) is 0 Å². The maximum atomic E-state index is 2.39. The third-order valence-electron chi connectivity index (χ3n) is 10.4. The summed E-state index contributed by atoms with van der Waals surface area (Å²) in [6.45, 7) is 0. The molecule has 10 aromatic carbocycles. The second-order valence-corrected chi connectivity index (χ2v) is 13.3. The van der Waals surface area contributed by atoms with Crippen LogP contribution in [0.5, 0.6) is 0 Å². The minimum atomic E-state index is 1.12. The quantitative estimate of drug-likeness (QED) is 0.168. The Morgan fingerprint density at radius 1 is 0.275 bits per heavy atom. The van der Waals surface area contributed by atoms with E-state index in [-0.39, 0.29) is 0 Å². The van der Waals surface area contributed by atoms with Crippen LogP contribution in [0, 0.1) is 0 Å². The molecular formula is C50H33N. The van der Waals surface area contributed by atoms with Gasteiger partial charge in [0.1, 0.15) is 0 Å². The molecule has 0 spiro atoms. The number of rotatable bonds is 5. The Morgan fingerprint density at radius 3 is 1.57 bits per heavy atom. The monoisotopic (exact) mass is 647 g/mol. The number of benzene rings is 10. The van der Waals surface area contributed by atoms with Crippen LogP contribution in [-0.4, -0.2) is 0 Å². The van der Waals surface area contributed by atoms with Gasteiger partial charge in [-0.15, -0.1) is 0 Å². The van der Waals surface area contributed by atoms with E-state index in [4.69, 9.17) is 0 Å². The summed E-state index contributed by atoms with van der Waals surface area (Å²) in [5.74, 6) is 0. The molecule has 0 amide bonds. The minimum Gasteiger partial charge on any atom is -0.310 e. The Kier molecular flexibility index (Phi) is 6.89. The summed E-state index contributed by atoms with van der Waals surface area (Å²) in [5, 5.41) is 12.7. The minimum absolute atomic E-state index is 1.12. The molecule has 0 N–H and O–H groups in total. The standard InChI is InChI=1S/C50H33N/c1-2-14-38-33-41(31-28-34(38)12-1)51(49-25-10-15-36-13-3-4-18-42(36)49)40-29-26-35(27-30-40)37-16-9-17-39(32-37)43-23-11-24-48-46-20-6-5-19-44(46)45-21-7-8-22-47(45)50(43)48/h1-33H. The number of fused-ring (bicyclic) bond motifs is 8. The molecule has 1 heteroatoms. The summed E-state index contributed by atoms with van der Waals surface area (Å²) in [6.07, 6.45) is 0. The first-order valence-electron chi connectivity index (χ1n) is 17.6. The van der Waals surface area contributed by atoms with Crippen molar-refractivity contribution in [2.75, 3.05) is 4.90 Å². The summed E-state index contributed by atoms with van der Waals surface area (Å²) >= 11 is 0. The van der Waals surface area contributed by atoms with Crippen LogP contribution in [-0.2, 0) is 0 Å². The average Bonchev–Trinajstić information content (AvgIpc) is 3.21. The summed E-state index contributed by atoms with van der Waals surface area (Å²) in [7, 11) is 0. The van der Waals surface area contributed by atoms with Crippen molar-refractivity contribution in [3.63, 3.8) is 0 Å². The Hall–Kier alpha value is -6.70. The third kappa shape index (κ3) is 4.94. The second kappa shape index (κ2) is 12.0. The van der Waals surface area contributed by atoms with Crippen LogP contribution in [0.2, 0.25) is 0 Å². The van der Waals surface area contributed by atoms with Gasteiger partial charge in [-0.3, -0.25) is 0 Å². The van der Waals surface area contributed by atoms with Crippen LogP contribution >= 0.6 is 0 Å². The lowest BCUT2D eigenvalue weighted by molar-refractivity contribution is 1.30. The first-order chi connectivity index (χ1) is 25.3. The smallest absolute Gasteiger partial charge is 0.0540 e. The number of anilines is 3. The highest BCUT2D eigenvalue weighted by molar-refractivity contribution is 6.28. The lowest BCUT2D eigenvalue weighted by Crippen LogP contribution is -2.10. The van der Waals surface area contributed by atoms with Crippen LogP contribution < -0.4 is 4.90 Å². The van der Waals surface area contributed by atoms with Crippen molar-refractivity contribution in [3.05, 3.63) is 200 Å². The van der Waals surface area contributed by atoms with E-state index in [2.05, 4.69) is 205 Å². The molecule has 0 saturated heterocycles. The van der Waals surface area contributed by atoms with Gasteiger partial charge in [-0.1, -0.05) is 164 Å². The molecule has 0 atom stereocenters. The zero-order chi connectivity index (χ0) is 33.7. The molecule has 0 radical (unpaired) electrons. The van der Waals surface area contributed by atoms with Gasteiger partial charge >= 0.3 is 0 Å². The normalized spacial score (nSPS) is 11.5. The van der Waals surface area contributed by atoms with E-state index >= 15 is 0 Å². The Labute approximate surface area is 297 Å². The SMILES string of the molecule is c1cc(-c2ccc(N(c3ccc4ccccc4c3)c3cccc4ccccc34)cc2)cc(-c2cccc3c4ccccc4c4ccccc4c23)c1. The predicted molar refractivity (Wildman–Crippen MR) is 220 cm³/mol. The van der Waals surface area contributed by atoms with Crippen molar-refractivity contribution in [2.24, 2.45) is 0 Å². The number of nitrogens with zero attached hydrogens (tertiary/aromatic N) is 1. The van der Waals surface area contributed by atoms with E-state index in [9.17, 15) is 0 Å². The first-order valence-corrected chi connectivity index (χ1v) is 17.6. The lowest BCUT2D eigenvalue weighted by Gasteiger charge is -2.27. The first kappa shape index (κ1) is 29.2. The molecule has 0 aliphatic rings. The molecule has 0 aliphatic heterocycles. The highest BCUT2D eigenvalue weighted by Gasteiger charge is 2.17. The van der Waals surface area contributed by atoms with Gasteiger partial charge in [0, 0.05) is 16.8 Å². The maximum Gasteiger partial charge on any atom is 0.0540 e. The number of hydrogen-bond donors (Lipinski definition) is 0. The molecule has 0 heterocycles. The summed E-state index contributed by atoms with van der Waals surface area (Å²) in [6, 6.07) is 73.0. The van der Waals surface area contributed by atoms with E-state index in [1.807, 2.05) is 0 Å². The van der Waals surface area contributed by atoms with Crippen molar-refractivity contribution < 1.29 is 0 Å². The Bertz CT molecular complexity index is 2870. The molecule has 0 aliphatic carbocycles. The van der Waals surface area contributed by atoms with Gasteiger partial charge in [-0.2, -0.15) is 0 Å². The molecular weight excluding hydrogens is 615 g/mol. The summed E-state index contributed by atoms with van der Waals surface area (Å²) in [5.41, 5.74) is 8.27. The van der Waals surface area contributed by atoms with Gasteiger partial charge in [0.25, 0.3) is 0 Å². The van der Waals surface area contributed by atoms with Crippen molar-refractivity contribution in [1.82, 2.24) is 0 Å². The van der Waals surface area contributed by atoms with Crippen molar-refractivity contribution in [2.45, 2.75) is 0 Å². The topological polar surface area (TPSA) is 3.24 Å². The van der Waals surface area contributed by atoms with E-state index in [0.717, 1.165) is 17.1 Å². The fourth-order valence-electron chi connectivity index (χ4n) is 8.01. The molecule has 238 valence electrons. The van der Waals surface area contributed by atoms with E-state index in [1.54, 1.807) is 0 Å². The zero-order valence-electron chi connectivity index (χ0n) is 28.0.